The molecule has 0 aliphatic heterocycles. The maximum atomic E-state index is 12.7. The van der Waals surface area contributed by atoms with Gasteiger partial charge < -0.3 is 14.6 Å². The molecule has 3 aromatic rings. The van der Waals surface area contributed by atoms with Crippen molar-refractivity contribution in [2.75, 3.05) is 17.7 Å². The second-order valence-corrected chi connectivity index (χ2v) is 9.70. The highest BCUT2D eigenvalue weighted by atomic mass is 32.2. The Balaban J connectivity index is 1.47. The molecule has 1 N–H and O–H groups in total. The molecule has 1 aromatic carbocycles. The van der Waals surface area contributed by atoms with Crippen molar-refractivity contribution in [3.8, 4) is 11.4 Å². The third-order valence-corrected chi connectivity index (χ3v) is 7.68. The average Bonchev–Trinajstić information content (AvgIpc) is 3.32. The van der Waals surface area contributed by atoms with Crippen LogP contribution in [0.3, 0.4) is 0 Å². The predicted octanol–water partition coefficient (Wildman–Crippen LogP) is 4.64. The first-order valence-electron chi connectivity index (χ1n) is 10.7. The van der Waals surface area contributed by atoms with Gasteiger partial charge in [0.25, 0.3) is 0 Å². The maximum Gasteiger partial charge on any atom is 0.341 e. The van der Waals surface area contributed by atoms with E-state index >= 15 is 0 Å². The molecule has 1 amide bonds. The molecule has 168 valence electrons. The van der Waals surface area contributed by atoms with Crippen LogP contribution in [0.2, 0.25) is 0 Å². The number of hydrogen-bond donors (Lipinski definition) is 1. The zero-order valence-corrected chi connectivity index (χ0v) is 20.1. The van der Waals surface area contributed by atoms with Crippen molar-refractivity contribution in [2.24, 2.45) is 7.05 Å². The number of rotatable bonds is 7. The number of aryl methyl sites for hydroxylation is 2. The Hall–Kier alpha value is -2.65. The van der Waals surface area contributed by atoms with Gasteiger partial charge in [0.05, 0.1) is 17.9 Å². The van der Waals surface area contributed by atoms with Crippen LogP contribution >= 0.6 is 23.1 Å². The fourth-order valence-corrected chi connectivity index (χ4v) is 5.87. The van der Waals surface area contributed by atoms with Crippen LogP contribution in [-0.2, 0) is 29.4 Å². The van der Waals surface area contributed by atoms with Crippen LogP contribution in [0.15, 0.2) is 29.4 Å². The van der Waals surface area contributed by atoms with E-state index in [1.807, 2.05) is 42.8 Å². The lowest BCUT2D eigenvalue weighted by Crippen LogP contribution is -2.17. The number of aromatic nitrogens is 3. The van der Waals surface area contributed by atoms with E-state index in [0.717, 1.165) is 48.2 Å². The Kier molecular flexibility index (Phi) is 6.95. The quantitative estimate of drug-likeness (QED) is 0.400. The molecule has 1 aliphatic rings. The number of amides is 1. The molecule has 9 heteroatoms. The minimum absolute atomic E-state index is 0.171. The van der Waals surface area contributed by atoms with Gasteiger partial charge in [-0.25, -0.2) is 4.79 Å². The zero-order valence-electron chi connectivity index (χ0n) is 18.4. The van der Waals surface area contributed by atoms with E-state index < -0.39 is 0 Å². The summed E-state index contributed by atoms with van der Waals surface area (Å²) in [6.07, 6.45) is 3.95. The fraction of sp³-hybridized carbons (Fsp3) is 0.391. The number of thiophene rings is 1. The number of hydrogen-bond acceptors (Lipinski definition) is 7. The number of thioether (sulfide) groups is 1. The van der Waals surface area contributed by atoms with Crippen molar-refractivity contribution < 1.29 is 14.3 Å². The van der Waals surface area contributed by atoms with Gasteiger partial charge >= 0.3 is 5.97 Å². The van der Waals surface area contributed by atoms with Crippen LogP contribution in [0, 0.1) is 6.92 Å². The molecule has 32 heavy (non-hydrogen) atoms. The lowest BCUT2D eigenvalue weighted by atomic mass is 9.95. The summed E-state index contributed by atoms with van der Waals surface area (Å²) in [7, 11) is 1.90. The summed E-state index contributed by atoms with van der Waals surface area (Å²) in [4.78, 5) is 26.5. The molecular formula is C23H26N4O3S2. The normalized spacial score (nSPS) is 13.0. The lowest BCUT2D eigenvalue weighted by molar-refractivity contribution is -0.113. The summed E-state index contributed by atoms with van der Waals surface area (Å²) in [5, 5.41) is 12.8. The van der Waals surface area contributed by atoms with Crippen LogP contribution in [0.25, 0.3) is 11.4 Å². The first kappa shape index (κ1) is 22.5. The standard InChI is InChI=1S/C23H26N4O3S2/c1-4-30-22(29)19-16-11-7-8-12-17(16)32-21(19)24-18(28)13-31-23-26-25-20(27(23)3)15-10-6-5-9-14(15)2/h5-6,9-10H,4,7-8,11-13H2,1-3H3,(H,24,28). The second kappa shape index (κ2) is 9.87. The van der Waals surface area contributed by atoms with Crippen LogP contribution in [0.4, 0.5) is 5.00 Å². The molecule has 0 saturated carbocycles. The molecular weight excluding hydrogens is 444 g/mol. The van der Waals surface area contributed by atoms with Gasteiger partial charge in [0, 0.05) is 17.5 Å². The number of ether oxygens (including phenoxy) is 1. The van der Waals surface area contributed by atoms with Gasteiger partial charge in [0.1, 0.15) is 5.00 Å². The minimum Gasteiger partial charge on any atom is -0.462 e. The first-order chi connectivity index (χ1) is 15.5. The SMILES string of the molecule is CCOC(=O)c1c(NC(=O)CSc2nnc(-c3ccccc3C)n2C)sc2c1CCCC2. The van der Waals surface area contributed by atoms with Gasteiger partial charge in [-0.1, -0.05) is 36.0 Å². The first-order valence-corrected chi connectivity index (χ1v) is 12.5. The van der Waals surface area contributed by atoms with Crippen molar-refractivity contribution >= 4 is 40.0 Å². The van der Waals surface area contributed by atoms with Crippen molar-refractivity contribution in [1.29, 1.82) is 0 Å². The van der Waals surface area contributed by atoms with Gasteiger partial charge in [-0.05, 0) is 50.7 Å². The molecule has 7 nitrogen and oxygen atoms in total. The number of nitrogens with zero attached hydrogens (tertiary/aromatic N) is 3. The smallest absolute Gasteiger partial charge is 0.341 e. The molecule has 0 fully saturated rings. The van der Waals surface area contributed by atoms with Crippen molar-refractivity contribution in [1.82, 2.24) is 14.8 Å². The summed E-state index contributed by atoms with van der Waals surface area (Å²) in [5.74, 6) is 0.400. The van der Waals surface area contributed by atoms with E-state index in [9.17, 15) is 9.59 Å². The third kappa shape index (κ3) is 4.59. The topological polar surface area (TPSA) is 86.1 Å². The Bertz CT molecular complexity index is 1150. The van der Waals surface area contributed by atoms with Crippen LogP contribution in [0.5, 0.6) is 0 Å². The Morgan fingerprint density at radius 3 is 2.78 bits per heavy atom. The zero-order chi connectivity index (χ0) is 22.7. The highest BCUT2D eigenvalue weighted by molar-refractivity contribution is 7.99. The summed E-state index contributed by atoms with van der Waals surface area (Å²) in [6.45, 7) is 4.13. The largest absolute Gasteiger partial charge is 0.462 e. The van der Waals surface area contributed by atoms with Crippen LogP contribution in [0.1, 0.15) is 46.1 Å². The molecule has 4 rings (SSSR count). The van der Waals surface area contributed by atoms with E-state index in [-0.39, 0.29) is 17.6 Å². The van der Waals surface area contributed by atoms with Crippen LogP contribution < -0.4 is 5.32 Å². The predicted molar refractivity (Wildman–Crippen MR) is 127 cm³/mol. The molecule has 2 aromatic heterocycles. The number of fused-ring (bicyclic) bond motifs is 1. The fourth-order valence-electron chi connectivity index (χ4n) is 3.86. The molecule has 0 unspecified atom stereocenters. The Morgan fingerprint density at radius 1 is 1.22 bits per heavy atom. The minimum atomic E-state index is -0.356. The van der Waals surface area contributed by atoms with E-state index in [4.69, 9.17) is 4.74 Å². The van der Waals surface area contributed by atoms with Gasteiger partial charge in [0.2, 0.25) is 5.91 Å². The maximum absolute atomic E-state index is 12.7. The summed E-state index contributed by atoms with van der Waals surface area (Å²) < 4.78 is 7.16. The molecule has 0 atom stereocenters. The van der Waals surface area contributed by atoms with E-state index in [0.29, 0.717) is 22.3 Å². The van der Waals surface area contributed by atoms with Crippen molar-refractivity contribution in [3.63, 3.8) is 0 Å². The number of carbonyl (C=O) groups is 2. The molecule has 0 bridgehead atoms. The molecule has 0 radical (unpaired) electrons. The molecule has 0 saturated heterocycles. The molecule has 1 aliphatic carbocycles. The third-order valence-electron chi connectivity index (χ3n) is 5.46. The van der Waals surface area contributed by atoms with Gasteiger partial charge in [0.15, 0.2) is 11.0 Å². The number of carbonyl (C=O) groups excluding carboxylic acids is 2. The van der Waals surface area contributed by atoms with Gasteiger partial charge in [-0.15, -0.1) is 21.5 Å². The van der Waals surface area contributed by atoms with E-state index in [1.54, 1.807) is 6.92 Å². The summed E-state index contributed by atoms with van der Waals surface area (Å²) in [6, 6.07) is 8.00. The molecule has 2 heterocycles. The van der Waals surface area contributed by atoms with Crippen molar-refractivity contribution in [3.05, 3.63) is 45.8 Å². The number of benzene rings is 1. The monoisotopic (exact) mass is 470 g/mol. The Morgan fingerprint density at radius 2 is 2.00 bits per heavy atom. The Labute approximate surface area is 195 Å². The number of esters is 1. The highest BCUT2D eigenvalue weighted by Crippen LogP contribution is 2.38. The van der Waals surface area contributed by atoms with Gasteiger partial charge in [-0.2, -0.15) is 0 Å². The number of nitrogens with one attached hydrogen (secondary N) is 1. The van der Waals surface area contributed by atoms with E-state index in [2.05, 4.69) is 15.5 Å². The van der Waals surface area contributed by atoms with Gasteiger partial charge in [-0.3, -0.25) is 4.79 Å². The summed E-state index contributed by atoms with van der Waals surface area (Å²) >= 11 is 2.82. The van der Waals surface area contributed by atoms with Crippen LogP contribution in [-0.4, -0.2) is 39.0 Å². The van der Waals surface area contributed by atoms with E-state index in [1.165, 1.54) is 28.0 Å². The lowest BCUT2D eigenvalue weighted by Gasteiger charge is -2.12. The molecule has 0 spiro atoms. The highest BCUT2D eigenvalue weighted by Gasteiger charge is 2.27. The second-order valence-electron chi connectivity index (χ2n) is 7.65. The average molecular weight is 471 g/mol. The van der Waals surface area contributed by atoms with Crippen molar-refractivity contribution in [2.45, 2.75) is 44.7 Å². The number of anilines is 1. The summed E-state index contributed by atoms with van der Waals surface area (Å²) in [5.41, 5.74) is 3.71.